The number of hydrogen-bond acceptors (Lipinski definition) is 6. The fourth-order valence-corrected chi connectivity index (χ4v) is 6.18. The Kier molecular flexibility index (Phi) is 37.1. The van der Waals surface area contributed by atoms with Crippen LogP contribution in [0, 0.1) is 0 Å². The molecule has 9 heteroatoms. The number of esters is 1. The SMILES string of the molecule is CC/C=C\C/C=C\C/C=C\C/C=C\CCCCCCC(=O)O[C@H](CO/C=C\CCCCCC/C=C\CCCCCCCC)COP(=O)(O)OCC[N+](C)(C)C. The maximum atomic E-state index is 12.7. The van der Waals surface area contributed by atoms with Gasteiger partial charge in [0.15, 0.2) is 6.10 Å². The number of phosphoric acid groups is 1. The Morgan fingerprint density at radius 3 is 1.62 bits per heavy atom. The van der Waals surface area contributed by atoms with Gasteiger partial charge in [-0.25, -0.2) is 4.57 Å². The molecule has 8 nitrogen and oxygen atoms in total. The topological polar surface area (TPSA) is 91.3 Å². The van der Waals surface area contributed by atoms with Crippen LogP contribution >= 0.6 is 7.82 Å². The number of hydrogen-bond donors (Lipinski definition) is 1. The van der Waals surface area contributed by atoms with Gasteiger partial charge in [-0.05, 0) is 89.5 Å². The van der Waals surface area contributed by atoms with E-state index in [0.29, 0.717) is 11.0 Å². The molecule has 1 N–H and O–H groups in total. The van der Waals surface area contributed by atoms with Gasteiger partial charge in [0, 0.05) is 6.42 Å². The number of carbonyl (C=O) groups excluding carboxylic acids is 1. The number of likely N-dealkylation sites (N-methyl/N-ethyl adjacent to an activating group) is 1. The molecule has 2 atom stereocenters. The second-order valence-electron chi connectivity index (χ2n) is 15.4. The molecule has 0 saturated heterocycles. The highest BCUT2D eigenvalue weighted by molar-refractivity contribution is 7.47. The van der Waals surface area contributed by atoms with Crippen LogP contribution in [0.5, 0.6) is 0 Å². The predicted molar refractivity (Wildman–Crippen MR) is 233 cm³/mol. The van der Waals surface area contributed by atoms with Crippen molar-refractivity contribution in [2.75, 3.05) is 47.5 Å². The Morgan fingerprint density at radius 2 is 1.07 bits per heavy atom. The molecule has 0 aliphatic heterocycles. The van der Waals surface area contributed by atoms with Crippen molar-refractivity contribution < 1.29 is 37.3 Å². The Bertz CT molecular complexity index is 1110. The Labute approximate surface area is 338 Å². The molecular formula is C46H83NO7P+. The van der Waals surface area contributed by atoms with E-state index in [9.17, 15) is 14.3 Å². The van der Waals surface area contributed by atoms with E-state index in [4.69, 9.17) is 18.5 Å². The first-order chi connectivity index (χ1) is 26.6. The molecule has 0 saturated carbocycles. The highest BCUT2D eigenvalue weighted by Crippen LogP contribution is 2.43. The van der Waals surface area contributed by atoms with Crippen LogP contribution in [-0.2, 0) is 27.9 Å². The third-order valence-corrected chi connectivity index (χ3v) is 9.80. The van der Waals surface area contributed by atoms with Gasteiger partial charge in [-0.1, -0.05) is 132 Å². The molecule has 0 aromatic heterocycles. The molecule has 0 heterocycles. The minimum atomic E-state index is -4.30. The summed E-state index contributed by atoms with van der Waals surface area (Å²) >= 11 is 0. The molecule has 0 spiro atoms. The highest BCUT2D eigenvalue weighted by atomic mass is 31.2. The molecule has 55 heavy (non-hydrogen) atoms. The number of allylic oxidation sites excluding steroid dienone is 11. The molecular weight excluding hydrogens is 709 g/mol. The zero-order chi connectivity index (χ0) is 40.6. The molecule has 318 valence electrons. The molecule has 0 aliphatic carbocycles. The number of unbranched alkanes of at least 4 members (excludes halogenated alkanes) is 15. The minimum Gasteiger partial charge on any atom is -0.498 e. The van der Waals surface area contributed by atoms with Gasteiger partial charge in [0.05, 0.1) is 34.0 Å². The summed E-state index contributed by atoms with van der Waals surface area (Å²) < 4.78 is 34.7. The van der Waals surface area contributed by atoms with Gasteiger partial charge < -0.3 is 18.9 Å². The van der Waals surface area contributed by atoms with Gasteiger partial charge in [-0.2, -0.15) is 0 Å². The second kappa shape index (κ2) is 38.6. The van der Waals surface area contributed by atoms with E-state index >= 15 is 0 Å². The summed E-state index contributed by atoms with van der Waals surface area (Å²) in [6.45, 7) is 4.75. The average molecular weight is 793 g/mol. The lowest BCUT2D eigenvalue weighted by atomic mass is 10.1. The second-order valence-corrected chi connectivity index (χ2v) is 16.9. The largest absolute Gasteiger partial charge is 0.498 e. The molecule has 0 radical (unpaired) electrons. The number of carbonyl (C=O) groups is 1. The number of ether oxygens (including phenoxy) is 2. The Hall–Kier alpha value is -2.22. The molecule has 1 unspecified atom stereocenters. The zero-order valence-corrected chi connectivity index (χ0v) is 36.8. The van der Waals surface area contributed by atoms with E-state index in [-0.39, 0.29) is 32.2 Å². The van der Waals surface area contributed by atoms with E-state index in [1.807, 2.05) is 27.2 Å². The number of nitrogens with zero attached hydrogens (tertiary/aromatic N) is 1. The molecule has 0 fully saturated rings. The van der Waals surface area contributed by atoms with Crippen LogP contribution < -0.4 is 0 Å². The van der Waals surface area contributed by atoms with Crippen molar-refractivity contribution in [1.29, 1.82) is 0 Å². The standard InChI is InChI=1S/C46H82NO7P/c1-6-8-10-12-14-16-18-20-22-24-25-27-29-31-33-35-37-39-46(48)54-45(44-53-55(49,50)52-42-40-47(3,4)5)43-51-41-38-36-34-32-30-28-26-23-21-19-17-15-13-11-9-7-2/h8,10,14,16,20-23,25,27,38,41,45H,6-7,9,11-13,15,17-19,24,26,28-37,39-40,42-44H2,1-5H3/p+1/b10-8-,16-14-,22-20-,23-21-,27-25-,41-38-/t45-/m1/s1. The molecule has 0 rings (SSSR count). The third kappa shape index (κ3) is 42.8. The van der Waals surface area contributed by atoms with Gasteiger partial charge in [0.1, 0.15) is 19.8 Å². The van der Waals surface area contributed by atoms with Crippen molar-refractivity contribution >= 4 is 13.8 Å². The van der Waals surface area contributed by atoms with Crippen molar-refractivity contribution in [1.82, 2.24) is 0 Å². The first kappa shape index (κ1) is 52.8. The van der Waals surface area contributed by atoms with Gasteiger partial charge in [-0.15, -0.1) is 0 Å². The van der Waals surface area contributed by atoms with Gasteiger partial charge in [0.25, 0.3) is 0 Å². The summed E-state index contributed by atoms with van der Waals surface area (Å²) in [5, 5.41) is 0. The predicted octanol–water partition coefficient (Wildman–Crippen LogP) is 13.1. The van der Waals surface area contributed by atoms with Crippen molar-refractivity contribution in [2.45, 2.75) is 168 Å². The maximum absolute atomic E-state index is 12.7. The smallest absolute Gasteiger partial charge is 0.472 e. The average Bonchev–Trinajstić information content (AvgIpc) is 3.13. The fraction of sp³-hybridized carbons (Fsp3) is 0.717. The molecule has 0 aliphatic rings. The maximum Gasteiger partial charge on any atom is 0.472 e. The Balaban J connectivity index is 4.38. The minimum absolute atomic E-state index is 0.0288. The number of quaternary nitrogens is 1. The van der Waals surface area contributed by atoms with E-state index in [2.05, 4.69) is 74.6 Å². The van der Waals surface area contributed by atoms with Crippen molar-refractivity contribution in [2.24, 2.45) is 0 Å². The van der Waals surface area contributed by atoms with Gasteiger partial charge >= 0.3 is 13.8 Å². The van der Waals surface area contributed by atoms with E-state index < -0.39 is 13.9 Å². The van der Waals surface area contributed by atoms with Crippen LogP contribution in [0.3, 0.4) is 0 Å². The molecule has 0 bridgehead atoms. The zero-order valence-electron chi connectivity index (χ0n) is 35.9. The van der Waals surface area contributed by atoms with Gasteiger partial charge in [0.2, 0.25) is 0 Å². The molecule has 0 aromatic carbocycles. The summed E-state index contributed by atoms with van der Waals surface area (Å²) in [4.78, 5) is 22.8. The summed E-state index contributed by atoms with van der Waals surface area (Å²) in [5.74, 6) is -0.365. The highest BCUT2D eigenvalue weighted by Gasteiger charge is 2.26. The van der Waals surface area contributed by atoms with Crippen LogP contribution in [0.15, 0.2) is 73.1 Å². The van der Waals surface area contributed by atoms with Crippen LogP contribution in [0.25, 0.3) is 0 Å². The summed E-state index contributed by atoms with van der Waals surface area (Å²) in [5.41, 5.74) is 0. The van der Waals surface area contributed by atoms with E-state index in [1.54, 1.807) is 6.26 Å². The fourth-order valence-electron chi connectivity index (χ4n) is 5.44. The van der Waals surface area contributed by atoms with Crippen LogP contribution in [0.1, 0.15) is 162 Å². The van der Waals surface area contributed by atoms with Crippen molar-refractivity contribution in [3.8, 4) is 0 Å². The summed E-state index contributed by atoms with van der Waals surface area (Å²) in [7, 11) is 1.60. The van der Waals surface area contributed by atoms with Crippen LogP contribution in [0.4, 0.5) is 0 Å². The van der Waals surface area contributed by atoms with E-state index in [1.165, 1.54) is 64.2 Å². The first-order valence-corrected chi connectivity index (χ1v) is 23.2. The Morgan fingerprint density at radius 1 is 0.600 bits per heavy atom. The lowest BCUT2D eigenvalue weighted by molar-refractivity contribution is -0.870. The lowest BCUT2D eigenvalue weighted by Crippen LogP contribution is -2.37. The van der Waals surface area contributed by atoms with Gasteiger partial charge in [-0.3, -0.25) is 13.8 Å². The number of phosphoric ester groups is 1. The monoisotopic (exact) mass is 793 g/mol. The third-order valence-electron chi connectivity index (χ3n) is 8.82. The molecule has 0 aromatic rings. The van der Waals surface area contributed by atoms with E-state index in [0.717, 1.165) is 77.0 Å². The van der Waals surface area contributed by atoms with Crippen LogP contribution in [-0.4, -0.2) is 69.0 Å². The van der Waals surface area contributed by atoms with Crippen molar-refractivity contribution in [3.05, 3.63) is 73.1 Å². The quantitative estimate of drug-likeness (QED) is 0.0165. The van der Waals surface area contributed by atoms with Crippen molar-refractivity contribution in [3.63, 3.8) is 0 Å². The number of rotatable bonds is 39. The van der Waals surface area contributed by atoms with Crippen LogP contribution in [0.2, 0.25) is 0 Å². The normalized spacial score (nSPS) is 14.4. The molecule has 0 amide bonds. The summed E-state index contributed by atoms with van der Waals surface area (Å²) in [6, 6.07) is 0. The first-order valence-electron chi connectivity index (χ1n) is 21.7. The lowest BCUT2D eigenvalue weighted by Gasteiger charge is -2.24. The summed E-state index contributed by atoms with van der Waals surface area (Å²) in [6.07, 6.45) is 50.3.